The first kappa shape index (κ1) is 14.0. The summed E-state index contributed by atoms with van der Waals surface area (Å²) in [4.78, 5) is 11.6. The number of nitrogens with one attached hydrogen (secondary N) is 3. The van der Waals surface area contributed by atoms with E-state index in [0.29, 0.717) is 17.2 Å². The van der Waals surface area contributed by atoms with Crippen LogP contribution in [0.4, 0.5) is 0 Å². The van der Waals surface area contributed by atoms with Gasteiger partial charge in [-0.15, -0.1) is 0 Å². The molecule has 0 aliphatic carbocycles. The van der Waals surface area contributed by atoms with Gasteiger partial charge in [0.05, 0.1) is 0 Å². The lowest BCUT2D eigenvalue weighted by Gasteiger charge is -2.11. The average Bonchev–Trinajstić information content (AvgIpc) is 2.33. The fourth-order valence-corrected chi connectivity index (χ4v) is 1.23. The molecule has 1 rings (SSSR count). The van der Waals surface area contributed by atoms with Crippen molar-refractivity contribution in [3.05, 3.63) is 42.0 Å². The van der Waals surface area contributed by atoms with E-state index in [1.807, 2.05) is 6.92 Å². The van der Waals surface area contributed by atoms with Gasteiger partial charge in [0.25, 0.3) is 5.91 Å². The lowest BCUT2D eigenvalue weighted by Crippen LogP contribution is -2.47. The Balaban J connectivity index is 2.42. The Hall–Kier alpha value is -2.08. The summed E-state index contributed by atoms with van der Waals surface area (Å²) in [5.74, 6) is -0.351. The van der Waals surface area contributed by atoms with Crippen LogP contribution >= 0.6 is 12.2 Å². The standard InChI is InChI=1S/C12H15N3O2S/c1-8(2)7-13-12(18)15-14-11(17)9-4-3-5-10(16)6-9/h3-6,16H,1,7H2,2H3,(H,14,17)(H2,13,15,18). The van der Waals surface area contributed by atoms with E-state index in [-0.39, 0.29) is 11.7 Å². The number of carbonyl (C=O) groups is 1. The molecule has 1 amide bonds. The highest BCUT2D eigenvalue weighted by atomic mass is 32.1. The smallest absolute Gasteiger partial charge is 0.269 e. The number of phenolic OH excluding ortho intramolecular Hbond substituents is 1. The highest BCUT2D eigenvalue weighted by Gasteiger charge is 2.05. The minimum atomic E-state index is -0.384. The van der Waals surface area contributed by atoms with E-state index < -0.39 is 0 Å². The molecule has 5 nitrogen and oxygen atoms in total. The lowest BCUT2D eigenvalue weighted by molar-refractivity contribution is 0.0943. The summed E-state index contributed by atoms with van der Waals surface area (Å²) < 4.78 is 0. The highest BCUT2D eigenvalue weighted by molar-refractivity contribution is 7.80. The largest absolute Gasteiger partial charge is 0.508 e. The van der Waals surface area contributed by atoms with Crippen LogP contribution in [0.15, 0.2) is 36.4 Å². The maximum Gasteiger partial charge on any atom is 0.269 e. The molecule has 0 aliphatic heterocycles. The molecule has 0 atom stereocenters. The van der Waals surface area contributed by atoms with Crippen molar-refractivity contribution in [1.29, 1.82) is 0 Å². The Bertz CT molecular complexity index is 474. The van der Waals surface area contributed by atoms with E-state index in [4.69, 9.17) is 12.2 Å². The van der Waals surface area contributed by atoms with Crippen molar-refractivity contribution in [1.82, 2.24) is 16.2 Å². The lowest BCUT2D eigenvalue weighted by atomic mass is 10.2. The summed E-state index contributed by atoms with van der Waals surface area (Å²) in [6.07, 6.45) is 0. The molecule has 0 saturated heterocycles. The molecule has 0 heterocycles. The van der Waals surface area contributed by atoms with Crippen molar-refractivity contribution in [3.8, 4) is 5.75 Å². The van der Waals surface area contributed by atoms with E-state index >= 15 is 0 Å². The number of phenols is 1. The quantitative estimate of drug-likeness (QED) is 0.374. The first-order valence-corrected chi connectivity index (χ1v) is 5.67. The minimum Gasteiger partial charge on any atom is -0.508 e. The van der Waals surface area contributed by atoms with E-state index in [0.717, 1.165) is 5.57 Å². The number of amides is 1. The molecule has 0 spiro atoms. The average molecular weight is 265 g/mol. The first-order chi connectivity index (χ1) is 8.49. The predicted molar refractivity (Wildman–Crippen MR) is 74.1 cm³/mol. The zero-order valence-electron chi connectivity index (χ0n) is 9.99. The Morgan fingerprint density at radius 3 is 2.78 bits per heavy atom. The van der Waals surface area contributed by atoms with Gasteiger partial charge in [0.15, 0.2) is 5.11 Å². The van der Waals surface area contributed by atoms with Crippen LogP contribution in [-0.2, 0) is 0 Å². The van der Waals surface area contributed by atoms with Gasteiger partial charge in [-0.3, -0.25) is 15.6 Å². The van der Waals surface area contributed by atoms with Gasteiger partial charge in [-0.05, 0) is 37.3 Å². The molecular weight excluding hydrogens is 250 g/mol. The van der Waals surface area contributed by atoms with Crippen LogP contribution in [0.2, 0.25) is 0 Å². The van der Waals surface area contributed by atoms with Crippen molar-refractivity contribution >= 4 is 23.2 Å². The maximum atomic E-state index is 11.6. The SMILES string of the molecule is C=C(C)CNC(=S)NNC(=O)c1cccc(O)c1. The number of hydrazine groups is 1. The zero-order valence-corrected chi connectivity index (χ0v) is 10.8. The molecule has 0 aromatic heterocycles. The van der Waals surface area contributed by atoms with Crippen LogP contribution in [0.3, 0.4) is 0 Å². The third kappa shape index (κ3) is 4.84. The summed E-state index contributed by atoms with van der Waals surface area (Å²) in [6, 6.07) is 6.02. The van der Waals surface area contributed by atoms with Gasteiger partial charge in [-0.2, -0.15) is 0 Å². The van der Waals surface area contributed by atoms with Crippen LogP contribution in [0.1, 0.15) is 17.3 Å². The van der Waals surface area contributed by atoms with Crippen molar-refractivity contribution in [2.24, 2.45) is 0 Å². The van der Waals surface area contributed by atoms with E-state index in [9.17, 15) is 9.90 Å². The zero-order chi connectivity index (χ0) is 13.5. The van der Waals surface area contributed by atoms with Crippen molar-refractivity contribution in [3.63, 3.8) is 0 Å². The van der Waals surface area contributed by atoms with Gasteiger partial charge in [-0.25, -0.2) is 0 Å². The van der Waals surface area contributed by atoms with Crippen LogP contribution in [0.5, 0.6) is 5.75 Å². The van der Waals surface area contributed by atoms with Gasteiger partial charge in [0.1, 0.15) is 5.75 Å². The second-order valence-corrected chi connectivity index (χ2v) is 4.18. The fourth-order valence-electron chi connectivity index (χ4n) is 1.11. The molecule has 6 heteroatoms. The molecule has 1 aromatic carbocycles. The van der Waals surface area contributed by atoms with Crippen LogP contribution in [-0.4, -0.2) is 22.7 Å². The molecule has 18 heavy (non-hydrogen) atoms. The molecule has 0 unspecified atom stereocenters. The number of carbonyl (C=O) groups excluding carboxylic acids is 1. The molecule has 0 aliphatic rings. The van der Waals surface area contributed by atoms with E-state index in [1.165, 1.54) is 12.1 Å². The monoisotopic (exact) mass is 265 g/mol. The van der Waals surface area contributed by atoms with Crippen LogP contribution in [0, 0.1) is 0 Å². The number of rotatable bonds is 3. The van der Waals surface area contributed by atoms with E-state index in [1.54, 1.807) is 12.1 Å². The fraction of sp³-hybridized carbons (Fsp3) is 0.167. The second kappa shape index (κ2) is 6.61. The van der Waals surface area contributed by atoms with Gasteiger partial charge in [0, 0.05) is 12.1 Å². The van der Waals surface area contributed by atoms with Crippen molar-refractivity contribution < 1.29 is 9.90 Å². The van der Waals surface area contributed by atoms with E-state index in [2.05, 4.69) is 22.7 Å². The maximum absolute atomic E-state index is 11.6. The van der Waals surface area contributed by atoms with Gasteiger partial charge >= 0.3 is 0 Å². The van der Waals surface area contributed by atoms with Crippen LogP contribution < -0.4 is 16.2 Å². The molecule has 1 aromatic rings. The van der Waals surface area contributed by atoms with Crippen LogP contribution in [0.25, 0.3) is 0 Å². The van der Waals surface area contributed by atoms with Gasteiger partial charge in [-0.1, -0.05) is 18.2 Å². The van der Waals surface area contributed by atoms with Crippen molar-refractivity contribution in [2.75, 3.05) is 6.54 Å². The normalized spacial score (nSPS) is 9.39. The third-order valence-corrected chi connectivity index (χ3v) is 2.20. The number of aromatic hydroxyl groups is 1. The summed E-state index contributed by atoms with van der Waals surface area (Å²) in [5.41, 5.74) is 6.24. The second-order valence-electron chi connectivity index (χ2n) is 3.77. The Labute approximate surface area is 111 Å². The Morgan fingerprint density at radius 1 is 1.44 bits per heavy atom. The summed E-state index contributed by atoms with van der Waals surface area (Å²) >= 11 is 4.94. The molecule has 4 N–H and O–H groups in total. The highest BCUT2D eigenvalue weighted by Crippen LogP contribution is 2.10. The number of thiocarbonyl (C=S) groups is 1. The topological polar surface area (TPSA) is 73.4 Å². The predicted octanol–water partition coefficient (Wildman–Crippen LogP) is 1.08. The summed E-state index contributed by atoms with van der Waals surface area (Å²) in [5, 5.41) is 12.4. The summed E-state index contributed by atoms with van der Waals surface area (Å²) in [6.45, 7) is 6.11. The number of benzene rings is 1. The molecule has 96 valence electrons. The molecule has 0 saturated carbocycles. The van der Waals surface area contributed by atoms with Crippen molar-refractivity contribution in [2.45, 2.75) is 6.92 Å². The van der Waals surface area contributed by atoms with Gasteiger partial charge in [0.2, 0.25) is 0 Å². The Morgan fingerprint density at radius 2 is 2.17 bits per heavy atom. The molecule has 0 bridgehead atoms. The number of hydrogen-bond donors (Lipinski definition) is 4. The third-order valence-electron chi connectivity index (χ3n) is 1.95. The molecule has 0 radical (unpaired) electrons. The molecular formula is C12H15N3O2S. The molecule has 0 fully saturated rings. The first-order valence-electron chi connectivity index (χ1n) is 5.26. The Kier molecular flexibility index (Phi) is 5.13. The minimum absolute atomic E-state index is 0.0330. The van der Waals surface area contributed by atoms with Gasteiger partial charge < -0.3 is 10.4 Å². The summed E-state index contributed by atoms with van der Waals surface area (Å²) in [7, 11) is 0. The number of hydrogen-bond acceptors (Lipinski definition) is 3.